The van der Waals surface area contributed by atoms with Gasteiger partial charge >= 0.3 is 0 Å². The van der Waals surface area contributed by atoms with Crippen LogP contribution < -0.4 is 5.32 Å². The molecule has 3 nitrogen and oxygen atoms in total. The van der Waals surface area contributed by atoms with Gasteiger partial charge in [-0.05, 0) is 30.4 Å². The summed E-state index contributed by atoms with van der Waals surface area (Å²) in [5.74, 6) is -0.751. The van der Waals surface area contributed by atoms with Crippen molar-refractivity contribution >= 4 is 5.91 Å². The third kappa shape index (κ3) is 2.20. The Morgan fingerprint density at radius 2 is 2.00 bits per heavy atom. The normalized spacial score (nSPS) is 28.8. The van der Waals surface area contributed by atoms with Crippen molar-refractivity contribution in [3.63, 3.8) is 0 Å². The summed E-state index contributed by atoms with van der Waals surface area (Å²) in [5.41, 5.74) is 0.105. The molecular weight excluding hydrogens is 262 g/mol. The highest BCUT2D eigenvalue weighted by Gasteiger charge is 2.45. The number of benzene rings is 1. The Balaban J connectivity index is 1.86. The first-order chi connectivity index (χ1) is 9.60. The zero-order chi connectivity index (χ0) is 14.3. The molecule has 1 aromatic rings. The number of fused-ring (bicyclic) bond motifs is 1. The quantitative estimate of drug-likeness (QED) is 0.899. The molecule has 3 unspecified atom stereocenters. The lowest BCUT2D eigenvalue weighted by molar-refractivity contribution is 0.0710. The SMILES string of the molecule is CCC1C2CNCC2CN1C(=O)c1cc(F)cc(F)c1. The van der Waals surface area contributed by atoms with E-state index in [1.54, 1.807) is 4.90 Å². The van der Waals surface area contributed by atoms with Gasteiger partial charge in [0.25, 0.3) is 5.91 Å². The van der Waals surface area contributed by atoms with Crippen LogP contribution >= 0.6 is 0 Å². The molecule has 0 spiro atoms. The number of rotatable bonds is 2. The number of hydrogen-bond donors (Lipinski definition) is 1. The molecule has 3 atom stereocenters. The van der Waals surface area contributed by atoms with Crippen LogP contribution in [0.2, 0.25) is 0 Å². The number of likely N-dealkylation sites (tertiary alicyclic amines) is 1. The molecule has 5 heteroatoms. The molecular formula is C15H18F2N2O. The van der Waals surface area contributed by atoms with Crippen LogP contribution in [0.4, 0.5) is 8.78 Å². The third-order valence-corrected chi connectivity index (χ3v) is 4.51. The zero-order valence-electron chi connectivity index (χ0n) is 11.4. The maximum Gasteiger partial charge on any atom is 0.254 e. The van der Waals surface area contributed by atoms with Gasteiger partial charge in [-0.15, -0.1) is 0 Å². The van der Waals surface area contributed by atoms with Gasteiger partial charge in [-0.1, -0.05) is 6.92 Å². The van der Waals surface area contributed by atoms with Gasteiger partial charge < -0.3 is 10.2 Å². The largest absolute Gasteiger partial charge is 0.335 e. The Kier molecular flexibility index (Phi) is 3.46. The highest BCUT2D eigenvalue weighted by molar-refractivity contribution is 5.94. The molecule has 0 bridgehead atoms. The van der Waals surface area contributed by atoms with Gasteiger partial charge in [0.2, 0.25) is 0 Å². The van der Waals surface area contributed by atoms with Gasteiger partial charge in [0, 0.05) is 37.3 Å². The summed E-state index contributed by atoms with van der Waals surface area (Å²) < 4.78 is 26.5. The molecule has 1 N–H and O–H groups in total. The molecule has 2 aliphatic heterocycles. The van der Waals surface area contributed by atoms with Crippen molar-refractivity contribution in [3.05, 3.63) is 35.4 Å². The van der Waals surface area contributed by atoms with E-state index in [2.05, 4.69) is 12.2 Å². The van der Waals surface area contributed by atoms with Crippen molar-refractivity contribution in [1.29, 1.82) is 0 Å². The van der Waals surface area contributed by atoms with E-state index in [9.17, 15) is 13.6 Å². The Morgan fingerprint density at radius 3 is 2.65 bits per heavy atom. The highest BCUT2D eigenvalue weighted by atomic mass is 19.1. The van der Waals surface area contributed by atoms with Crippen LogP contribution in [0.15, 0.2) is 18.2 Å². The lowest BCUT2D eigenvalue weighted by atomic mass is 9.93. The van der Waals surface area contributed by atoms with Crippen molar-refractivity contribution in [2.45, 2.75) is 19.4 Å². The standard InChI is InChI=1S/C15H18F2N2O/c1-2-14-13-7-18-6-10(13)8-19(14)15(20)9-3-11(16)5-12(17)4-9/h3-5,10,13-14,18H,2,6-8H2,1H3. The Bertz CT molecular complexity index is 514. The van der Waals surface area contributed by atoms with Crippen LogP contribution in [0, 0.1) is 23.5 Å². The number of halogens is 2. The van der Waals surface area contributed by atoms with E-state index in [0.29, 0.717) is 18.4 Å². The summed E-state index contributed by atoms with van der Waals surface area (Å²) >= 11 is 0. The van der Waals surface area contributed by atoms with Gasteiger partial charge in [0.05, 0.1) is 0 Å². The summed E-state index contributed by atoms with van der Waals surface area (Å²) in [6, 6.07) is 3.18. The van der Waals surface area contributed by atoms with Crippen LogP contribution in [-0.4, -0.2) is 36.5 Å². The fourth-order valence-electron chi connectivity index (χ4n) is 3.62. The predicted octanol–water partition coefficient (Wildman–Crippen LogP) is 2.03. The second-order valence-electron chi connectivity index (χ2n) is 5.67. The molecule has 2 fully saturated rings. The monoisotopic (exact) mass is 280 g/mol. The first kappa shape index (κ1) is 13.5. The molecule has 108 valence electrons. The number of hydrogen-bond acceptors (Lipinski definition) is 2. The topological polar surface area (TPSA) is 32.3 Å². The fourth-order valence-corrected chi connectivity index (χ4v) is 3.62. The van der Waals surface area contributed by atoms with Crippen molar-refractivity contribution in [2.24, 2.45) is 11.8 Å². The molecule has 3 rings (SSSR count). The van der Waals surface area contributed by atoms with Gasteiger partial charge in [0.15, 0.2) is 0 Å². The molecule has 2 aliphatic rings. The molecule has 20 heavy (non-hydrogen) atoms. The smallest absolute Gasteiger partial charge is 0.254 e. The summed E-state index contributed by atoms with van der Waals surface area (Å²) in [5, 5.41) is 3.35. The second-order valence-corrected chi connectivity index (χ2v) is 5.67. The molecule has 0 aliphatic carbocycles. The van der Waals surface area contributed by atoms with E-state index in [0.717, 1.165) is 37.7 Å². The fraction of sp³-hybridized carbons (Fsp3) is 0.533. The maximum atomic E-state index is 13.3. The van der Waals surface area contributed by atoms with Gasteiger partial charge in [-0.25, -0.2) is 8.78 Å². The highest BCUT2D eigenvalue weighted by Crippen LogP contribution is 2.35. The van der Waals surface area contributed by atoms with Crippen molar-refractivity contribution in [3.8, 4) is 0 Å². The van der Waals surface area contributed by atoms with Crippen molar-refractivity contribution in [2.75, 3.05) is 19.6 Å². The first-order valence-electron chi connectivity index (χ1n) is 7.08. The van der Waals surface area contributed by atoms with Crippen molar-refractivity contribution in [1.82, 2.24) is 10.2 Å². The van der Waals surface area contributed by atoms with E-state index in [1.165, 1.54) is 0 Å². The minimum absolute atomic E-state index is 0.105. The minimum Gasteiger partial charge on any atom is -0.335 e. The summed E-state index contributed by atoms with van der Waals surface area (Å²) in [6.45, 7) is 4.57. The Morgan fingerprint density at radius 1 is 1.30 bits per heavy atom. The first-order valence-corrected chi connectivity index (χ1v) is 7.08. The van der Waals surface area contributed by atoms with Gasteiger partial charge in [0.1, 0.15) is 11.6 Å². The van der Waals surface area contributed by atoms with E-state index < -0.39 is 11.6 Å². The third-order valence-electron chi connectivity index (χ3n) is 4.51. The number of nitrogens with zero attached hydrogens (tertiary/aromatic N) is 1. The zero-order valence-corrected chi connectivity index (χ0v) is 11.4. The van der Waals surface area contributed by atoms with E-state index in [-0.39, 0.29) is 17.5 Å². The average molecular weight is 280 g/mol. The summed E-state index contributed by atoms with van der Waals surface area (Å²) in [4.78, 5) is 14.3. The van der Waals surface area contributed by atoms with E-state index in [4.69, 9.17) is 0 Å². The predicted molar refractivity (Wildman–Crippen MR) is 71.3 cm³/mol. The minimum atomic E-state index is -0.706. The lowest BCUT2D eigenvalue weighted by Gasteiger charge is -2.27. The summed E-state index contributed by atoms with van der Waals surface area (Å²) in [6.07, 6.45) is 0.867. The number of carbonyl (C=O) groups is 1. The number of carbonyl (C=O) groups excluding carboxylic acids is 1. The number of amides is 1. The molecule has 1 aromatic carbocycles. The summed E-state index contributed by atoms with van der Waals surface area (Å²) in [7, 11) is 0. The maximum absolute atomic E-state index is 13.3. The second kappa shape index (κ2) is 5.13. The van der Waals surface area contributed by atoms with E-state index in [1.807, 2.05) is 0 Å². The Hall–Kier alpha value is -1.49. The Labute approximate surface area is 117 Å². The molecule has 0 saturated carbocycles. The van der Waals surface area contributed by atoms with Gasteiger partial charge in [-0.3, -0.25) is 4.79 Å². The molecule has 1 amide bonds. The van der Waals surface area contributed by atoms with Crippen LogP contribution in [0.5, 0.6) is 0 Å². The molecule has 0 radical (unpaired) electrons. The molecule has 2 saturated heterocycles. The lowest BCUT2D eigenvalue weighted by Crippen LogP contribution is -2.39. The van der Waals surface area contributed by atoms with Crippen LogP contribution in [-0.2, 0) is 0 Å². The molecule has 2 heterocycles. The molecule has 0 aromatic heterocycles. The van der Waals surface area contributed by atoms with E-state index >= 15 is 0 Å². The van der Waals surface area contributed by atoms with Gasteiger partial charge in [-0.2, -0.15) is 0 Å². The van der Waals surface area contributed by atoms with Crippen molar-refractivity contribution < 1.29 is 13.6 Å². The number of nitrogens with one attached hydrogen (secondary N) is 1. The van der Waals surface area contributed by atoms with Crippen LogP contribution in [0.25, 0.3) is 0 Å². The van der Waals surface area contributed by atoms with Crippen LogP contribution in [0.3, 0.4) is 0 Å². The van der Waals surface area contributed by atoms with Crippen LogP contribution in [0.1, 0.15) is 23.7 Å². The average Bonchev–Trinajstić information content (AvgIpc) is 2.96.